The van der Waals surface area contributed by atoms with Crippen LogP contribution in [0.25, 0.3) is 0 Å². The number of rotatable bonds is 7. The number of likely N-dealkylation sites (tertiary alicyclic amines) is 1. The van der Waals surface area contributed by atoms with Crippen molar-refractivity contribution in [3.05, 3.63) is 30.3 Å². The van der Waals surface area contributed by atoms with Crippen LogP contribution in [0.4, 0.5) is 0 Å². The van der Waals surface area contributed by atoms with E-state index in [-0.39, 0.29) is 0 Å². The lowest BCUT2D eigenvalue weighted by Gasteiger charge is -2.14. The first-order chi connectivity index (χ1) is 8.45. The summed E-state index contributed by atoms with van der Waals surface area (Å²) in [5.41, 5.74) is 0. The number of benzene rings is 1. The van der Waals surface area contributed by atoms with Gasteiger partial charge in [-0.15, -0.1) is 11.8 Å². The molecule has 1 aromatic rings. The molecule has 1 fully saturated rings. The maximum atomic E-state index is 3.52. The zero-order chi connectivity index (χ0) is 11.8. The highest BCUT2D eigenvalue weighted by molar-refractivity contribution is 7.99. The zero-order valence-corrected chi connectivity index (χ0v) is 11.2. The second kappa shape index (κ2) is 7.75. The van der Waals surface area contributed by atoms with Gasteiger partial charge in [-0.1, -0.05) is 18.2 Å². The van der Waals surface area contributed by atoms with E-state index in [2.05, 4.69) is 40.5 Å². The van der Waals surface area contributed by atoms with Gasteiger partial charge in [0, 0.05) is 30.3 Å². The van der Waals surface area contributed by atoms with Crippen LogP contribution in [0.2, 0.25) is 0 Å². The van der Waals surface area contributed by atoms with Gasteiger partial charge >= 0.3 is 0 Å². The quantitative estimate of drug-likeness (QED) is 0.591. The zero-order valence-electron chi connectivity index (χ0n) is 10.4. The first-order valence-electron chi connectivity index (χ1n) is 6.56. The number of nitrogens with one attached hydrogen (secondary N) is 1. The minimum atomic E-state index is 1.10. The molecule has 0 aromatic heterocycles. The Kier molecular flexibility index (Phi) is 5.89. The van der Waals surface area contributed by atoms with E-state index in [0.717, 1.165) is 18.8 Å². The predicted octanol–water partition coefficient (Wildman–Crippen LogP) is 2.46. The Morgan fingerprint density at radius 1 is 1.06 bits per heavy atom. The minimum absolute atomic E-state index is 1.10. The highest BCUT2D eigenvalue weighted by atomic mass is 32.2. The molecule has 2 rings (SSSR count). The molecule has 0 amide bonds. The summed E-state index contributed by atoms with van der Waals surface area (Å²) in [4.78, 5) is 3.92. The maximum Gasteiger partial charge on any atom is 0.0107 e. The molecular weight excluding hydrogens is 228 g/mol. The van der Waals surface area contributed by atoms with E-state index in [1.54, 1.807) is 0 Å². The van der Waals surface area contributed by atoms with Crippen LogP contribution in [0.15, 0.2) is 35.2 Å². The molecule has 1 aromatic carbocycles. The highest BCUT2D eigenvalue weighted by Gasteiger charge is 2.09. The molecule has 17 heavy (non-hydrogen) atoms. The topological polar surface area (TPSA) is 15.3 Å². The van der Waals surface area contributed by atoms with E-state index in [9.17, 15) is 0 Å². The predicted molar refractivity (Wildman–Crippen MR) is 75.7 cm³/mol. The summed E-state index contributed by atoms with van der Waals surface area (Å²) in [7, 11) is 0. The fourth-order valence-electron chi connectivity index (χ4n) is 2.13. The first kappa shape index (κ1) is 12.9. The van der Waals surface area contributed by atoms with E-state index in [0.29, 0.717) is 0 Å². The second-order valence-electron chi connectivity index (χ2n) is 4.46. The van der Waals surface area contributed by atoms with Crippen LogP contribution < -0.4 is 5.32 Å². The van der Waals surface area contributed by atoms with Gasteiger partial charge < -0.3 is 10.2 Å². The van der Waals surface area contributed by atoms with Crippen molar-refractivity contribution in [2.45, 2.75) is 17.7 Å². The smallest absolute Gasteiger partial charge is 0.0107 e. The van der Waals surface area contributed by atoms with Crippen molar-refractivity contribution in [2.75, 3.05) is 38.5 Å². The molecule has 1 aliphatic rings. The van der Waals surface area contributed by atoms with Gasteiger partial charge in [0.1, 0.15) is 0 Å². The van der Waals surface area contributed by atoms with Crippen molar-refractivity contribution in [3.63, 3.8) is 0 Å². The molecule has 3 heteroatoms. The molecule has 0 atom stereocenters. The van der Waals surface area contributed by atoms with E-state index in [4.69, 9.17) is 0 Å². The van der Waals surface area contributed by atoms with Crippen molar-refractivity contribution in [1.82, 2.24) is 10.2 Å². The lowest BCUT2D eigenvalue weighted by molar-refractivity contribution is 0.337. The third-order valence-electron chi connectivity index (χ3n) is 3.09. The molecule has 1 saturated heterocycles. The molecule has 0 unspecified atom stereocenters. The van der Waals surface area contributed by atoms with Crippen molar-refractivity contribution >= 4 is 11.8 Å². The normalized spacial score (nSPS) is 16.5. The van der Waals surface area contributed by atoms with Crippen LogP contribution in [0.5, 0.6) is 0 Å². The van der Waals surface area contributed by atoms with Crippen LogP contribution in [0.1, 0.15) is 12.8 Å². The van der Waals surface area contributed by atoms with Crippen molar-refractivity contribution < 1.29 is 0 Å². The Morgan fingerprint density at radius 2 is 1.82 bits per heavy atom. The Morgan fingerprint density at radius 3 is 2.59 bits per heavy atom. The van der Waals surface area contributed by atoms with Gasteiger partial charge in [-0.3, -0.25) is 0 Å². The molecule has 94 valence electrons. The number of thioether (sulfide) groups is 1. The summed E-state index contributed by atoms with van der Waals surface area (Å²) in [5.74, 6) is 1.16. The van der Waals surface area contributed by atoms with Crippen molar-refractivity contribution in [1.29, 1.82) is 0 Å². The molecule has 0 radical (unpaired) electrons. The Balaban J connectivity index is 1.46. The van der Waals surface area contributed by atoms with Crippen molar-refractivity contribution in [3.8, 4) is 0 Å². The maximum absolute atomic E-state index is 3.52. The molecule has 1 heterocycles. The van der Waals surface area contributed by atoms with Gasteiger partial charge in [-0.2, -0.15) is 0 Å². The number of hydrogen-bond donors (Lipinski definition) is 1. The molecule has 2 nitrogen and oxygen atoms in total. The van der Waals surface area contributed by atoms with E-state index < -0.39 is 0 Å². The summed E-state index contributed by atoms with van der Waals surface area (Å²) >= 11 is 1.93. The molecule has 1 aliphatic heterocycles. The molecule has 0 spiro atoms. The van der Waals surface area contributed by atoms with E-state index >= 15 is 0 Å². The van der Waals surface area contributed by atoms with Gasteiger partial charge in [0.25, 0.3) is 0 Å². The van der Waals surface area contributed by atoms with Crippen molar-refractivity contribution in [2.24, 2.45) is 0 Å². The average Bonchev–Trinajstić information content (AvgIpc) is 2.88. The molecule has 0 saturated carbocycles. The summed E-state index contributed by atoms with van der Waals surface area (Å²) in [5, 5.41) is 3.52. The van der Waals surface area contributed by atoms with Crippen LogP contribution in [-0.2, 0) is 0 Å². The lowest BCUT2D eigenvalue weighted by Crippen LogP contribution is -2.30. The van der Waals surface area contributed by atoms with E-state index in [1.807, 2.05) is 11.8 Å². The van der Waals surface area contributed by atoms with Gasteiger partial charge in [-0.25, -0.2) is 0 Å². The minimum Gasteiger partial charge on any atom is -0.315 e. The Hall–Kier alpha value is -0.510. The fraction of sp³-hybridized carbons (Fsp3) is 0.571. The summed E-state index contributed by atoms with van der Waals surface area (Å²) in [6.07, 6.45) is 2.79. The van der Waals surface area contributed by atoms with Gasteiger partial charge in [0.15, 0.2) is 0 Å². The monoisotopic (exact) mass is 250 g/mol. The number of nitrogens with zero attached hydrogens (tertiary/aromatic N) is 1. The molecule has 1 N–H and O–H groups in total. The Bertz CT molecular complexity index is 296. The lowest BCUT2D eigenvalue weighted by atomic mass is 10.4. The van der Waals surface area contributed by atoms with Crippen LogP contribution >= 0.6 is 11.8 Å². The SMILES string of the molecule is c1ccc(SCCNCCN2CCCC2)cc1. The molecule has 0 bridgehead atoms. The third kappa shape index (κ3) is 5.11. The second-order valence-corrected chi connectivity index (χ2v) is 5.63. The fourth-order valence-corrected chi connectivity index (χ4v) is 2.96. The van der Waals surface area contributed by atoms with Gasteiger partial charge in [0.2, 0.25) is 0 Å². The highest BCUT2D eigenvalue weighted by Crippen LogP contribution is 2.15. The van der Waals surface area contributed by atoms with E-state index in [1.165, 1.54) is 37.4 Å². The van der Waals surface area contributed by atoms with Crippen LogP contribution in [0, 0.1) is 0 Å². The van der Waals surface area contributed by atoms with Crippen LogP contribution in [-0.4, -0.2) is 43.4 Å². The standard InChI is InChI=1S/C14H22N2S/c1-2-6-14(7-3-1)17-13-9-15-8-12-16-10-4-5-11-16/h1-3,6-7,15H,4-5,8-13H2. The third-order valence-corrected chi connectivity index (χ3v) is 4.11. The Labute approximate surface area is 109 Å². The van der Waals surface area contributed by atoms with Gasteiger partial charge in [-0.05, 0) is 38.1 Å². The summed E-state index contributed by atoms with van der Waals surface area (Å²) in [6, 6.07) is 10.6. The van der Waals surface area contributed by atoms with Gasteiger partial charge in [0.05, 0.1) is 0 Å². The average molecular weight is 250 g/mol. The first-order valence-corrected chi connectivity index (χ1v) is 7.54. The van der Waals surface area contributed by atoms with Crippen LogP contribution in [0.3, 0.4) is 0 Å². The summed E-state index contributed by atoms with van der Waals surface area (Å²) in [6.45, 7) is 6.07. The number of hydrogen-bond acceptors (Lipinski definition) is 3. The summed E-state index contributed by atoms with van der Waals surface area (Å²) < 4.78 is 0. The largest absolute Gasteiger partial charge is 0.315 e. The molecule has 0 aliphatic carbocycles. The molecular formula is C14H22N2S.